The van der Waals surface area contributed by atoms with Crippen molar-refractivity contribution < 1.29 is 4.92 Å². The summed E-state index contributed by atoms with van der Waals surface area (Å²) in [6, 6.07) is 0. The zero-order chi connectivity index (χ0) is 10.3. The number of nitrogens with two attached hydrogens (primary N) is 2. The Morgan fingerprint density at radius 2 is 2.00 bits per heavy atom. The van der Waals surface area contributed by atoms with E-state index in [1.54, 1.807) is 0 Å². The lowest BCUT2D eigenvalue weighted by atomic mass is 10.2. The molecule has 1 aliphatic carbocycles. The fraction of sp³-hybridized carbons (Fsp3) is 0.429. The zero-order valence-electron chi connectivity index (χ0n) is 7.30. The van der Waals surface area contributed by atoms with Crippen LogP contribution in [-0.4, -0.2) is 14.9 Å². The molecule has 1 aliphatic rings. The van der Waals surface area contributed by atoms with Crippen molar-refractivity contribution in [2.24, 2.45) is 0 Å². The molecule has 2 rings (SSSR count). The van der Waals surface area contributed by atoms with Gasteiger partial charge >= 0.3 is 5.69 Å². The molecule has 1 fully saturated rings. The van der Waals surface area contributed by atoms with E-state index in [-0.39, 0.29) is 23.4 Å². The van der Waals surface area contributed by atoms with Crippen LogP contribution in [0.4, 0.5) is 17.5 Å². The third kappa shape index (κ3) is 1.32. The number of hydrogen-bond acceptors (Lipinski definition) is 6. The second-order valence-corrected chi connectivity index (χ2v) is 3.23. The average Bonchev–Trinajstić information content (AvgIpc) is 2.82. The summed E-state index contributed by atoms with van der Waals surface area (Å²) in [5, 5.41) is 10.7. The van der Waals surface area contributed by atoms with Gasteiger partial charge in [-0.05, 0) is 12.8 Å². The van der Waals surface area contributed by atoms with Gasteiger partial charge in [0.1, 0.15) is 5.69 Å². The van der Waals surface area contributed by atoms with Crippen LogP contribution in [0.5, 0.6) is 0 Å². The molecule has 0 atom stereocenters. The van der Waals surface area contributed by atoms with E-state index >= 15 is 0 Å². The number of nitro groups is 1. The van der Waals surface area contributed by atoms with E-state index in [4.69, 9.17) is 11.5 Å². The molecule has 4 N–H and O–H groups in total. The van der Waals surface area contributed by atoms with Crippen molar-refractivity contribution in [1.29, 1.82) is 0 Å². The summed E-state index contributed by atoms with van der Waals surface area (Å²) in [5.41, 5.74) is 11.0. The lowest BCUT2D eigenvalue weighted by molar-refractivity contribution is -0.385. The van der Waals surface area contributed by atoms with Gasteiger partial charge in [0.05, 0.1) is 4.92 Å². The SMILES string of the molecule is Nc1nc(N)c([N+](=O)[O-])c(C2CC2)n1. The third-order valence-electron chi connectivity index (χ3n) is 2.10. The first kappa shape index (κ1) is 8.67. The van der Waals surface area contributed by atoms with Crippen molar-refractivity contribution in [3.05, 3.63) is 15.8 Å². The first-order valence-corrected chi connectivity index (χ1v) is 4.17. The number of rotatable bonds is 2. The lowest BCUT2D eigenvalue weighted by Crippen LogP contribution is -2.08. The molecule has 1 saturated carbocycles. The normalized spacial score (nSPS) is 15.4. The van der Waals surface area contributed by atoms with Gasteiger partial charge in [-0.3, -0.25) is 10.1 Å². The second kappa shape index (κ2) is 2.79. The molecule has 0 amide bonds. The number of nitrogens with zero attached hydrogens (tertiary/aromatic N) is 3. The summed E-state index contributed by atoms with van der Waals surface area (Å²) in [5.74, 6) is -0.0256. The molecule has 0 unspecified atom stereocenters. The molecule has 7 nitrogen and oxygen atoms in total. The highest BCUT2D eigenvalue weighted by molar-refractivity contribution is 5.59. The summed E-state index contributed by atoms with van der Waals surface area (Å²) >= 11 is 0. The first-order valence-electron chi connectivity index (χ1n) is 4.17. The molecule has 0 aliphatic heterocycles. The Hall–Kier alpha value is -1.92. The van der Waals surface area contributed by atoms with Gasteiger partial charge < -0.3 is 11.5 Å². The van der Waals surface area contributed by atoms with Crippen LogP contribution in [0.25, 0.3) is 0 Å². The molecule has 0 aromatic carbocycles. The molecular formula is C7H9N5O2. The number of nitrogen functional groups attached to an aromatic ring is 2. The lowest BCUT2D eigenvalue weighted by Gasteiger charge is -2.02. The van der Waals surface area contributed by atoms with Gasteiger partial charge in [0.2, 0.25) is 11.8 Å². The van der Waals surface area contributed by atoms with Crippen LogP contribution in [-0.2, 0) is 0 Å². The quantitative estimate of drug-likeness (QED) is 0.521. The fourth-order valence-electron chi connectivity index (χ4n) is 1.34. The van der Waals surface area contributed by atoms with E-state index in [1.807, 2.05) is 0 Å². The van der Waals surface area contributed by atoms with Crippen molar-refractivity contribution >= 4 is 17.5 Å². The van der Waals surface area contributed by atoms with E-state index in [1.165, 1.54) is 0 Å². The molecule has 0 radical (unpaired) electrons. The summed E-state index contributed by atoms with van der Waals surface area (Å²) in [4.78, 5) is 17.6. The largest absolute Gasteiger partial charge is 0.378 e. The number of anilines is 2. The van der Waals surface area contributed by atoms with Crippen molar-refractivity contribution in [2.45, 2.75) is 18.8 Å². The number of hydrogen-bond donors (Lipinski definition) is 2. The van der Waals surface area contributed by atoms with Gasteiger partial charge in [-0.15, -0.1) is 0 Å². The van der Waals surface area contributed by atoms with Gasteiger partial charge in [0, 0.05) is 5.92 Å². The molecule has 1 heterocycles. The van der Waals surface area contributed by atoms with Crippen molar-refractivity contribution in [2.75, 3.05) is 11.5 Å². The minimum Gasteiger partial charge on any atom is -0.378 e. The minimum atomic E-state index is -0.553. The van der Waals surface area contributed by atoms with E-state index < -0.39 is 4.92 Å². The topological polar surface area (TPSA) is 121 Å². The van der Waals surface area contributed by atoms with Crippen LogP contribution in [0.2, 0.25) is 0 Å². The Labute approximate surface area is 79.3 Å². The van der Waals surface area contributed by atoms with Crippen molar-refractivity contribution in [3.8, 4) is 0 Å². The van der Waals surface area contributed by atoms with E-state index in [0.717, 1.165) is 12.8 Å². The summed E-state index contributed by atoms with van der Waals surface area (Å²) in [6.07, 6.45) is 1.80. The summed E-state index contributed by atoms with van der Waals surface area (Å²) < 4.78 is 0. The highest BCUT2D eigenvalue weighted by atomic mass is 16.6. The van der Waals surface area contributed by atoms with Crippen molar-refractivity contribution in [3.63, 3.8) is 0 Å². The zero-order valence-corrected chi connectivity index (χ0v) is 7.30. The van der Waals surface area contributed by atoms with Gasteiger partial charge in [0.25, 0.3) is 0 Å². The maximum Gasteiger partial charge on any atom is 0.332 e. The average molecular weight is 195 g/mol. The molecule has 0 bridgehead atoms. The molecule has 7 heteroatoms. The smallest absolute Gasteiger partial charge is 0.332 e. The van der Waals surface area contributed by atoms with Crippen LogP contribution in [0, 0.1) is 10.1 Å². The molecule has 14 heavy (non-hydrogen) atoms. The standard InChI is InChI=1S/C7H9N5O2/c8-6-5(12(13)14)4(3-1-2-3)10-7(9)11-6/h3H,1-2H2,(H4,8,9,10,11). The van der Waals surface area contributed by atoms with Crippen LogP contribution in [0.3, 0.4) is 0 Å². The number of aromatic nitrogens is 2. The fourth-order valence-corrected chi connectivity index (χ4v) is 1.34. The van der Waals surface area contributed by atoms with Crippen molar-refractivity contribution in [1.82, 2.24) is 9.97 Å². The van der Waals surface area contributed by atoms with Gasteiger partial charge in [0.15, 0.2) is 0 Å². The molecule has 1 aromatic heterocycles. The van der Waals surface area contributed by atoms with Crippen LogP contribution in [0.15, 0.2) is 0 Å². The summed E-state index contributed by atoms with van der Waals surface area (Å²) in [7, 11) is 0. The minimum absolute atomic E-state index is 0.00463. The second-order valence-electron chi connectivity index (χ2n) is 3.23. The highest BCUT2D eigenvalue weighted by Gasteiger charge is 2.34. The van der Waals surface area contributed by atoms with E-state index in [0.29, 0.717) is 5.69 Å². The summed E-state index contributed by atoms with van der Waals surface area (Å²) in [6.45, 7) is 0. The highest BCUT2D eigenvalue weighted by Crippen LogP contribution is 2.44. The Bertz CT molecular complexity index is 401. The Balaban J connectivity index is 2.58. The predicted molar refractivity (Wildman–Crippen MR) is 49.5 cm³/mol. The van der Waals surface area contributed by atoms with Gasteiger partial charge in [-0.1, -0.05) is 0 Å². The van der Waals surface area contributed by atoms with Crippen LogP contribution >= 0.6 is 0 Å². The molecular weight excluding hydrogens is 186 g/mol. The van der Waals surface area contributed by atoms with Gasteiger partial charge in [-0.2, -0.15) is 4.98 Å². The molecule has 0 saturated heterocycles. The van der Waals surface area contributed by atoms with E-state index in [9.17, 15) is 10.1 Å². The Kier molecular flexibility index (Phi) is 1.73. The Morgan fingerprint density at radius 1 is 1.36 bits per heavy atom. The van der Waals surface area contributed by atoms with Gasteiger partial charge in [-0.25, -0.2) is 4.98 Å². The monoisotopic (exact) mass is 195 g/mol. The van der Waals surface area contributed by atoms with Crippen LogP contribution in [0.1, 0.15) is 24.5 Å². The third-order valence-corrected chi connectivity index (χ3v) is 2.10. The maximum atomic E-state index is 10.7. The first-order chi connectivity index (χ1) is 6.59. The molecule has 0 spiro atoms. The molecule has 74 valence electrons. The molecule has 1 aromatic rings. The Morgan fingerprint density at radius 3 is 2.50 bits per heavy atom. The van der Waals surface area contributed by atoms with E-state index in [2.05, 4.69) is 9.97 Å². The maximum absolute atomic E-state index is 10.7. The predicted octanol–water partition coefficient (Wildman–Crippen LogP) is 0.427. The van der Waals surface area contributed by atoms with Crippen LogP contribution < -0.4 is 11.5 Å².